The number of ether oxygens (including phenoxy) is 1. The van der Waals surface area contributed by atoms with Gasteiger partial charge in [0.2, 0.25) is 0 Å². The number of amides is 1. The molecule has 1 radical (unpaired) electrons. The fourth-order valence-electron chi connectivity index (χ4n) is 1.70. The fourth-order valence-corrected chi connectivity index (χ4v) is 1.70. The van der Waals surface area contributed by atoms with Crippen LogP contribution in [-0.2, 0) is 11.3 Å². The van der Waals surface area contributed by atoms with Gasteiger partial charge in [-0.15, -0.1) is 0 Å². The van der Waals surface area contributed by atoms with E-state index in [2.05, 4.69) is 6.07 Å². The van der Waals surface area contributed by atoms with Crippen LogP contribution in [0, 0.1) is 6.07 Å². The van der Waals surface area contributed by atoms with Gasteiger partial charge in [-0.1, -0.05) is 12.1 Å². The van der Waals surface area contributed by atoms with Crippen molar-refractivity contribution in [2.75, 3.05) is 7.11 Å². The second-order valence-electron chi connectivity index (χ2n) is 3.46. The molecule has 17 heavy (non-hydrogen) atoms. The maximum atomic E-state index is 11.6. The second-order valence-corrected chi connectivity index (χ2v) is 3.46. The van der Waals surface area contributed by atoms with Crippen LogP contribution in [-0.4, -0.2) is 13.0 Å². The molecule has 0 fully saturated rings. The first kappa shape index (κ1) is 11.3. The largest absolute Gasteiger partial charge is 0.422 e. The highest BCUT2D eigenvalue weighted by Crippen LogP contribution is 2.20. The molecule has 87 valence electrons. The van der Waals surface area contributed by atoms with Gasteiger partial charge in [0.15, 0.2) is 0 Å². The van der Waals surface area contributed by atoms with Crippen molar-refractivity contribution in [1.29, 1.82) is 0 Å². The van der Waals surface area contributed by atoms with Gasteiger partial charge in [-0.2, -0.15) is 0 Å². The molecule has 1 aromatic heterocycles. The minimum Gasteiger partial charge on any atom is -0.422 e. The minimum absolute atomic E-state index is 0.115. The third kappa shape index (κ3) is 1.92. The molecule has 0 unspecified atom stereocenters. The number of primary amides is 1. The molecule has 0 aliphatic rings. The van der Waals surface area contributed by atoms with Gasteiger partial charge in [0, 0.05) is 18.1 Å². The molecule has 0 atom stereocenters. The molecular weight excluding hydrogens is 222 g/mol. The van der Waals surface area contributed by atoms with Crippen molar-refractivity contribution < 1.29 is 13.9 Å². The Kier molecular flexibility index (Phi) is 2.93. The highest BCUT2D eigenvalue weighted by molar-refractivity contribution is 5.98. The molecule has 2 rings (SSSR count). The Morgan fingerprint density at radius 2 is 2.35 bits per heavy atom. The summed E-state index contributed by atoms with van der Waals surface area (Å²) in [6.45, 7) is 0.115. The number of hydrogen-bond donors (Lipinski definition) is 1. The lowest BCUT2D eigenvalue weighted by Gasteiger charge is -2.07. The van der Waals surface area contributed by atoms with Gasteiger partial charge in [-0.3, -0.25) is 4.79 Å². The third-order valence-electron chi connectivity index (χ3n) is 2.39. The van der Waals surface area contributed by atoms with Gasteiger partial charge in [0.25, 0.3) is 5.91 Å². The molecule has 5 nitrogen and oxygen atoms in total. The van der Waals surface area contributed by atoms with Crippen molar-refractivity contribution in [3.63, 3.8) is 0 Å². The van der Waals surface area contributed by atoms with E-state index in [1.807, 2.05) is 0 Å². The monoisotopic (exact) mass is 232 g/mol. The third-order valence-corrected chi connectivity index (χ3v) is 2.39. The molecular formula is C12H10NO4. The number of carbonyl (C=O) groups excluding carboxylic acids is 1. The zero-order valence-electron chi connectivity index (χ0n) is 9.15. The highest BCUT2D eigenvalue weighted by Gasteiger charge is 2.18. The summed E-state index contributed by atoms with van der Waals surface area (Å²) in [5, 5.41) is 0.624. The smallest absolute Gasteiger partial charge is 0.349 e. The molecule has 1 heterocycles. The van der Waals surface area contributed by atoms with Crippen molar-refractivity contribution in [2.45, 2.75) is 6.61 Å². The molecule has 0 bridgehead atoms. The summed E-state index contributed by atoms with van der Waals surface area (Å²) in [6, 6.07) is 7.67. The molecule has 0 saturated carbocycles. The number of benzene rings is 1. The summed E-state index contributed by atoms with van der Waals surface area (Å²) in [5.74, 6) is -0.819. The summed E-state index contributed by atoms with van der Waals surface area (Å²) < 4.78 is 9.98. The number of nitrogens with two attached hydrogens (primary N) is 1. The predicted octanol–water partition coefficient (Wildman–Crippen LogP) is 0.838. The van der Waals surface area contributed by atoms with Crippen LogP contribution < -0.4 is 11.4 Å². The maximum Gasteiger partial charge on any atom is 0.349 e. The summed E-state index contributed by atoms with van der Waals surface area (Å²) >= 11 is 0. The average Bonchev–Trinajstić information content (AvgIpc) is 2.28. The molecule has 5 heteroatoms. The van der Waals surface area contributed by atoms with E-state index in [1.54, 1.807) is 12.1 Å². The summed E-state index contributed by atoms with van der Waals surface area (Å²) in [6.07, 6.45) is 0. The van der Waals surface area contributed by atoms with Gasteiger partial charge in [0.1, 0.15) is 11.1 Å². The lowest BCUT2D eigenvalue weighted by Crippen LogP contribution is -2.24. The van der Waals surface area contributed by atoms with E-state index < -0.39 is 11.5 Å². The van der Waals surface area contributed by atoms with Crippen molar-refractivity contribution in [3.8, 4) is 0 Å². The van der Waals surface area contributed by atoms with Crippen LogP contribution in [0.1, 0.15) is 15.9 Å². The van der Waals surface area contributed by atoms with Crippen molar-refractivity contribution in [2.24, 2.45) is 5.73 Å². The quantitative estimate of drug-likeness (QED) is 0.795. The Balaban J connectivity index is 2.88. The van der Waals surface area contributed by atoms with Gasteiger partial charge < -0.3 is 14.9 Å². The zero-order valence-corrected chi connectivity index (χ0v) is 9.15. The maximum absolute atomic E-state index is 11.6. The standard InChI is InChI=1S/C12H10NO4/c1-16-6-8-7-4-2-3-5-9(7)17-12(15)10(8)11(13)14/h2,4-5H,6H2,1H3,(H2,13,14). The normalized spacial score (nSPS) is 10.6. The van der Waals surface area contributed by atoms with Crippen LogP contribution in [0.5, 0.6) is 0 Å². The average molecular weight is 232 g/mol. The molecule has 0 aliphatic carbocycles. The number of methoxy groups -OCH3 is 1. The van der Waals surface area contributed by atoms with E-state index >= 15 is 0 Å². The van der Waals surface area contributed by atoms with Crippen LogP contribution in [0.4, 0.5) is 0 Å². The molecule has 1 amide bonds. The lowest BCUT2D eigenvalue weighted by atomic mass is 10.0. The number of carbonyl (C=O) groups is 1. The fraction of sp³-hybridized carbons (Fsp3) is 0.167. The minimum atomic E-state index is -0.819. The SMILES string of the molecule is COCc1c(C(N)=O)c(=O)oc2c[c]ccc12. The first-order valence-corrected chi connectivity index (χ1v) is 4.89. The van der Waals surface area contributed by atoms with Gasteiger partial charge in [-0.25, -0.2) is 4.79 Å². The number of hydrogen-bond acceptors (Lipinski definition) is 4. The van der Waals surface area contributed by atoms with Crippen molar-refractivity contribution >= 4 is 16.9 Å². The van der Waals surface area contributed by atoms with Crippen LogP contribution in [0.3, 0.4) is 0 Å². The number of fused-ring (bicyclic) bond motifs is 1. The van der Waals surface area contributed by atoms with E-state index in [0.29, 0.717) is 16.5 Å². The first-order chi connectivity index (χ1) is 8.15. The molecule has 0 saturated heterocycles. The Morgan fingerprint density at radius 1 is 1.59 bits per heavy atom. The topological polar surface area (TPSA) is 82.5 Å². The van der Waals surface area contributed by atoms with Crippen LogP contribution in [0.25, 0.3) is 11.0 Å². The van der Waals surface area contributed by atoms with Gasteiger partial charge in [-0.05, 0) is 12.1 Å². The molecule has 1 aromatic carbocycles. The Labute approximate surface area is 96.8 Å². The molecule has 2 N–H and O–H groups in total. The van der Waals surface area contributed by atoms with Crippen LogP contribution >= 0.6 is 0 Å². The summed E-state index contributed by atoms with van der Waals surface area (Å²) in [4.78, 5) is 22.9. The van der Waals surface area contributed by atoms with Crippen LogP contribution in [0.15, 0.2) is 27.4 Å². The van der Waals surface area contributed by atoms with E-state index in [9.17, 15) is 9.59 Å². The van der Waals surface area contributed by atoms with E-state index in [1.165, 1.54) is 13.2 Å². The predicted molar refractivity (Wildman–Crippen MR) is 60.6 cm³/mol. The van der Waals surface area contributed by atoms with E-state index in [0.717, 1.165) is 0 Å². The van der Waals surface area contributed by atoms with Crippen molar-refractivity contribution in [1.82, 2.24) is 0 Å². The van der Waals surface area contributed by atoms with Gasteiger partial charge in [0.05, 0.1) is 6.61 Å². The first-order valence-electron chi connectivity index (χ1n) is 4.89. The Bertz CT molecular complexity index is 630. The zero-order chi connectivity index (χ0) is 12.4. The molecule has 0 aliphatic heterocycles. The summed E-state index contributed by atoms with van der Waals surface area (Å²) in [7, 11) is 1.47. The van der Waals surface area contributed by atoms with Gasteiger partial charge >= 0.3 is 5.63 Å². The Morgan fingerprint density at radius 3 is 3.00 bits per heavy atom. The molecule has 0 spiro atoms. The van der Waals surface area contributed by atoms with E-state index in [-0.39, 0.29) is 12.2 Å². The van der Waals surface area contributed by atoms with E-state index in [4.69, 9.17) is 14.9 Å². The lowest BCUT2D eigenvalue weighted by molar-refractivity contribution is 0.0992. The van der Waals surface area contributed by atoms with Crippen LogP contribution in [0.2, 0.25) is 0 Å². The second kappa shape index (κ2) is 4.39. The highest BCUT2D eigenvalue weighted by atomic mass is 16.5. The van der Waals surface area contributed by atoms with Crippen molar-refractivity contribution in [3.05, 3.63) is 45.8 Å². The number of rotatable bonds is 3. The summed E-state index contributed by atoms with van der Waals surface area (Å²) in [5.41, 5.74) is 5.06. The molecule has 2 aromatic rings. The Hall–Kier alpha value is -2.14.